The van der Waals surface area contributed by atoms with Crippen molar-refractivity contribution >= 4 is 40.4 Å². The molecule has 28 heavy (non-hydrogen) atoms. The molecule has 2 aromatic heterocycles. The number of fused-ring (bicyclic) bond motifs is 1. The Morgan fingerprint density at radius 3 is 2.93 bits per heavy atom. The van der Waals surface area contributed by atoms with E-state index in [0.717, 1.165) is 30.8 Å². The van der Waals surface area contributed by atoms with Gasteiger partial charge in [0.15, 0.2) is 5.65 Å². The third kappa shape index (κ3) is 4.47. The van der Waals surface area contributed by atoms with Gasteiger partial charge in [-0.3, -0.25) is 9.69 Å². The molecule has 1 aliphatic rings. The maximum absolute atomic E-state index is 12.4. The average Bonchev–Trinajstić information content (AvgIpc) is 3.21. The molecule has 1 unspecified atom stereocenters. The number of aromatic nitrogens is 2. The van der Waals surface area contributed by atoms with Crippen LogP contribution in [0.3, 0.4) is 0 Å². The van der Waals surface area contributed by atoms with Crippen LogP contribution in [0.4, 0.5) is 5.69 Å². The monoisotopic (exact) mass is 418 g/mol. The second-order valence-electron chi connectivity index (χ2n) is 7.07. The molecule has 1 aromatic carbocycles. The number of halogens is 2. The number of aliphatic hydroxyl groups excluding tert-OH is 1. The number of pyridine rings is 1. The molecule has 0 spiro atoms. The van der Waals surface area contributed by atoms with Crippen molar-refractivity contribution in [2.75, 3.05) is 18.4 Å². The van der Waals surface area contributed by atoms with Gasteiger partial charge in [0.2, 0.25) is 5.91 Å². The first-order valence-electron chi connectivity index (χ1n) is 9.08. The zero-order valence-corrected chi connectivity index (χ0v) is 16.6. The van der Waals surface area contributed by atoms with Gasteiger partial charge in [-0.2, -0.15) is 0 Å². The zero-order chi connectivity index (χ0) is 19.7. The number of likely N-dealkylation sites (tertiary alicyclic amines) is 1. The van der Waals surface area contributed by atoms with E-state index in [2.05, 4.69) is 15.2 Å². The summed E-state index contributed by atoms with van der Waals surface area (Å²) in [6.07, 6.45) is 4.16. The molecule has 1 saturated heterocycles. The van der Waals surface area contributed by atoms with Crippen molar-refractivity contribution in [3.63, 3.8) is 0 Å². The number of β-amino-alcohol motifs (C(OH)–C–C–N with tert-alkyl or cyclic N) is 1. The van der Waals surface area contributed by atoms with E-state index in [0.29, 0.717) is 27.9 Å². The minimum absolute atomic E-state index is 0.137. The summed E-state index contributed by atoms with van der Waals surface area (Å²) in [5.41, 5.74) is 3.03. The van der Waals surface area contributed by atoms with Crippen molar-refractivity contribution in [2.45, 2.75) is 25.5 Å². The number of hydrogen-bond acceptors (Lipinski definition) is 4. The third-order valence-electron chi connectivity index (χ3n) is 4.73. The number of aliphatic hydroxyl groups is 1. The van der Waals surface area contributed by atoms with Crippen LogP contribution in [-0.2, 0) is 17.8 Å². The highest BCUT2D eigenvalue weighted by Gasteiger charge is 2.20. The maximum Gasteiger partial charge on any atom is 0.230 e. The van der Waals surface area contributed by atoms with E-state index in [1.54, 1.807) is 22.9 Å². The number of imidazole rings is 1. The van der Waals surface area contributed by atoms with E-state index in [4.69, 9.17) is 23.2 Å². The fourth-order valence-electron chi connectivity index (χ4n) is 3.49. The molecule has 6 nitrogen and oxygen atoms in total. The highest BCUT2D eigenvalue weighted by atomic mass is 35.5. The Balaban J connectivity index is 1.41. The minimum Gasteiger partial charge on any atom is -0.392 e. The van der Waals surface area contributed by atoms with Gasteiger partial charge in [0.05, 0.1) is 28.3 Å². The molecule has 0 bridgehead atoms. The quantitative estimate of drug-likeness (QED) is 0.665. The molecule has 2 N–H and O–H groups in total. The van der Waals surface area contributed by atoms with Crippen LogP contribution in [0.2, 0.25) is 10.0 Å². The lowest BCUT2D eigenvalue weighted by atomic mass is 10.2. The molecule has 4 rings (SSSR count). The summed E-state index contributed by atoms with van der Waals surface area (Å²) in [4.78, 5) is 19.1. The number of rotatable bonds is 5. The molecular weight excluding hydrogens is 399 g/mol. The summed E-state index contributed by atoms with van der Waals surface area (Å²) in [6.45, 7) is 2.34. The van der Waals surface area contributed by atoms with Gasteiger partial charge in [-0.05, 0) is 30.2 Å². The molecule has 1 aliphatic heterocycles. The van der Waals surface area contributed by atoms with Crippen LogP contribution in [0.25, 0.3) is 5.65 Å². The standard InChI is InChI=1S/C20H20Cl2N4O2/c21-14-7-18(22)20-24-16(11-26(20)10-14)8-19(28)23-15-3-1-2-13(6-15)9-25-5-4-17(27)12-25/h1-3,6-7,10-11,17,27H,4-5,8-9,12H2,(H,23,28). The largest absolute Gasteiger partial charge is 0.392 e. The summed E-state index contributed by atoms with van der Waals surface area (Å²) in [5.74, 6) is -0.153. The van der Waals surface area contributed by atoms with Gasteiger partial charge in [0, 0.05) is 37.7 Å². The predicted molar refractivity (Wildman–Crippen MR) is 110 cm³/mol. The summed E-state index contributed by atoms with van der Waals surface area (Å²) >= 11 is 12.2. The lowest BCUT2D eigenvalue weighted by molar-refractivity contribution is -0.115. The number of hydrogen-bond donors (Lipinski definition) is 2. The number of nitrogens with one attached hydrogen (secondary N) is 1. The normalized spacial score (nSPS) is 17.3. The Hall–Kier alpha value is -2.12. The SMILES string of the molecule is O=C(Cc1cn2cc(Cl)cc(Cl)c2n1)Nc1cccc(CN2CCC(O)C2)c1. The number of benzene rings is 1. The van der Waals surface area contributed by atoms with Crippen molar-refractivity contribution in [3.8, 4) is 0 Å². The number of amides is 1. The van der Waals surface area contributed by atoms with Crippen molar-refractivity contribution < 1.29 is 9.90 Å². The van der Waals surface area contributed by atoms with E-state index in [-0.39, 0.29) is 18.4 Å². The molecule has 0 radical (unpaired) electrons. The molecule has 1 fully saturated rings. The van der Waals surface area contributed by atoms with Crippen LogP contribution in [0, 0.1) is 0 Å². The Morgan fingerprint density at radius 1 is 1.29 bits per heavy atom. The summed E-state index contributed by atoms with van der Waals surface area (Å²) in [7, 11) is 0. The van der Waals surface area contributed by atoms with Crippen molar-refractivity contribution in [2.24, 2.45) is 0 Å². The lowest BCUT2D eigenvalue weighted by Crippen LogP contribution is -2.21. The lowest BCUT2D eigenvalue weighted by Gasteiger charge is -2.15. The van der Waals surface area contributed by atoms with Gasteiger partial charge >= 0.3 is 0 Å². The molecule has 0 saturated carbocycles. The van der Waals surface area contributed by atoms with Crippen LogP contribution in [0.5, 0.6) is 0 Å². The third-order valence-corrected chi connectivity index (χ3v) is 5.21. The number of anilines is 1. The van der Waals surface area contributed by atoms with E-state index in [1.807, 2.05) is 24.3 Å². The fraction of sp³-hybridized carbons (Fsp3) is 0.300. The molecule has 3 aromatic rings. The van der Waals surface area contributed by atoms with Crippen molar-refractivity contribution in [1.82, 2.24) is 14.3 Å². The molecular formula is C20H20Cl2N4O2. The zero-order valence-electron chi connectivity index (χ0n) is 15.1. The Labute approximate surface area is 172 Å². The number of nitrogens with zero attached hydrogens (tertiary/aromatic N) is 3. The molecule has 0 aliphatic carbocycles. The first-order chi connectivity index (χ1) is 13.5. The second-order valence-corrected chi connectivity index (χ2v) is 7.92. The highest BCUT2D eigenvalue weighted by Crippen LogP contribution is 2.22. The summed E-state index contributed by atoms with van der Waals surface area (Å²) in [6, 6.07) is 9.39. The Kier molecular flexibility index (Phi) is 5.55. The van der Waals surface area contributed by atoms with Gasteiger partial charge < -0.3 is 14.8 Å². The van der Waals surface area contributed by atoms with Crippen molar-refractivity contribution in [3.05, 3.63) is 64.0 Å². The van der Waals surface area contributed by atoms with Crippen LogP contribution in [0.1, 0.15) is 17.7 Å². The van der Waals surface area contributed by atoms with E-state index in [9.17, 15) is 9.90 Å². The maximum atomic E-state index is 12.4. The summed E-state index contributed by atoms with van der Waals surface area (Å²) < 4.78 is 1.72. The molecule has 8 heteroatoms. The van der Waals surface area contributed by atoms with E-state index >= 15 is 0 Å². The van der Waals surface area contributed by atoms with Crippen LogP contribution < -0.4 is 5.32 Å². The molecule has 1 atom stereocenters. The van der Waals surface area contributed by atoms with E-state index < -0.39 is 0 Å². The fourth-order valence-corrected chi connectivity index (χ4v) is 4.02. The average molecular weight is 419 g/mol. The van der Waals surface area contributed by atoms with Gasteiger partial charge in [-0.25, -0.2) is 4.98 Å². The Morgan fingerprint density at radius 2 is 2.14 bits per heavy atom. The van der Waals surface area contributed by atoms with Crippen LogP contribution >= 0.6 is 23.2 Å². The topological polar surface area (TPSA) is 69.9 Å². The molecule has 3 heterocycles. The molecule has 146 valence electrons. The number of carbonyl (C=O) groups excluding carboxylic acids is 1. The second kappa shape index (κ2) is 8.09. The van der Waals surface area contributed by atoms with Gasteiger partial charge in [0.25, 0.3) is 0 Å². The minimum atomic E-state index is -0.239. The van der Waals surface area contributed by atoms with Crippen LogP contribution in [-0.4, -0.2) is 44.5 Å². The smallest absolute Gasteiger partial charge is 0.230 e. The number of carbonyl (C=O) groups is 1. The van der Waals surface area contributed by atoms with Gasteiger partial charge in [0.1, 0.15) is 0 Å². The van der Waals surface area contributed by atoms with Crippen molar-refractivity contribution in [1.29, 1.82) is 0 Å². The first kappa shape index (κ1) is 19.2. The van der Waals surface area contributed by atoms with Crippen LogP contribution in [0.15, 0.2) is 42.7 Å². The van der Waals surface area contributed by atoms with Gasteiger partial charge in [-0.1, -0.05) is 35.3 Å². The Bertz CT molecular complexity index is 1020. The van der Waals surface area contributed by atoms with Gasteiger partial charge in [-0.15, -0.1) is 0 Å². The predicted octanol–water partition coefficient (Wildman–Crippen LogP) is 3.39. The first-order valence-corrected chi connectivity index (χ1v) is 9.84. The van der Waals surface area contributed by atoms with E-state index in [1.165, 1.54) is 0 Å². The highest BCUT2D eigenvalue weighted by molar-refractivity contribution is 6.36. The molecule has 1 amide bonds. The summed E-state index contributed by atoms with van der Waals surface area (Å²) in [5, 5.41) is 13.5.